The van der Waals surface area contributed by atoms with Gasteiger partial charge < -0.3 is 21.9 Å². The summed E-state index contributed by atoms with van der Waals surface area (Å²) < 4.78 is 5.22. The van der Waals surface area contributed by atoms with Gasteiger partial charge in [0.2, 0.25) is 0 Å². The molecule has 1 atom stereocenters. The molecule has 0 aromatic carbocycles. The molecule has 0 aromatic rings. The van der Waals surface area contributed by atoms with Crippen molar-refractivity contribution in [3.05, 3.63) is 70.9 Å². The van der Waals surface area contributed by atoms with Crippen LogP contribution in [0.2, 0.25) is 0 Å². The van der Waals surface area contributed by atoms with Gasteiger partial charge in [-0.25, -0.2) is 0 Å². The summed E-state index contributed by atoms with van der Waals surface area (Å²) in [6, 6.07) is -0.672. The topological polar surface area (TPSA) is 117 Å². The lowest BCUT2D eigenvalue weighted by Gasteiger charge is -2.29. The third kappa shape index (κ3) is 10.4. The molecule has 0 heterocycles. The highest BCUT2D eigenvalue weighted by atomic mass is 16.5. The van der Waals surface area contributed by atoms with Crippen molar-refractivity contribution in [1.29, 1.82) is 0 Å². The van der Waals surface area contributed by atoms with Crippen molar-refractivity contribution in [3.8, 4) is 0 Å². The van der Waals surface area contributed by atoms with Gasteiger partial charge in [0, 0.05) is 6.54 Å². The van der Waals surface area contributed by atoms with Gasteiger partial charge in [0.15, 0.2) is 5.96 Å². The fourth-order valence-electron chi connectivity index (χ4n) is 3.31. The van der Waals surface area contributed by atoms with Crippen LogP contribution in [-0.4, -0.2) is 31.1 Å². The second-order valence-corrected chi connectivity index (χ2v) is 8.82. The minimum Gasteiger partial charge on any atom is -0.460 e. The number of carbonyl (C=O) groups excluding carboxylic acids is 1. The first-order valence-corrected chi connectivity index (χ1v) is 11.1. The van der Waals surface area contributed by atoms with Gasteiger partial charge >= 0.3 is 5.97 Å². The van der Waals surface area contributed by atoms with E-state index in [1.165, 1.54) is 11.1 Å². The zero-order valence-electron chi connectivity index (χ0n) is 20.2. The summed E-state index contributed by atoms with van der Waals surface area (Å²) in [4.78, 5) is 15.8. The van der Waals surface area contributed by atoms with Crippen LogP contribution < -0.4 is 17.2 Å². The van der Waals surface area contributed by atoms with Crippen molar-refractivity contribution in [2.75, 3.05) is 13.2 Å². The normalized spacial score (nSPS) is 17.8. The summed E-state index contributed by atoms with van der Waals surface area (Å²) in [6.07, 6.45) is 18.9. The third-order valence-corrected chi connectivity index (χ3v) is 5.28. The first-order valence-electron chi connectivity index (χ1n) is 11.1. The van der Waals surface area contributed by atoms with Crippen LogP contribution in [0.4, 0.5) is 0 Å². The van der Waals surface area contributed by atoms with Crippen molar-refractivity contribution in [3.63, 3.8) is 0 Å². The van der Waals surface area contributed by atoms with Crippen molar-refractivity contribution < 1.29 is 9.53 Å². The van der Waals surface area contributed by atoms with Crippen molar-refractivity contribution in [2.24, 2.45) is 27.6 Å². The molecule has 0 fully saturated rings. The average Bonchev–Trinajstić information content (AvgIpc) is 2.69. The molecule has 0 radical (unpaired) electrons. The Bertz CT molecular complexity index is 851. The maximum atomic E-state index is 11.9. The van der Waals surface area contributed by atoms with Gasteiger partial charge in [0.05, 0.1) is 0 Å². The van der Waals surface area contributed by atoms with E-state index in [-0.39, 0.29) is 18.0 Å². The molecule has 1 aliphatic carbocycles. The fraction of sp³-hybridized carbons (Fsp3) is 0.462. The molecule has 6 nitrogen and oxygen atoms in total. The first-order chi connectivity index (χ1) is 15.0. The zero-order chi connectivity index (χ0) is 24.1. The highest BCUT2D eigenvalue weighted by molar-refractivity contribution is 5.76. The van der Waals surface area contributed by atoms with E-state index >= 15 is 0 Å². The van der Waals surface area contributed by atoms with E-state index in [2.05, 4.69) is 63.1 Å². The van der Waals surface area contributed by atoms with Crippen LogP contribution in [0.1, 0.15) is 53.9 Å². The second kappa shape index (κ2) is 13.5. The van der Waals surface area contributed by atoms with Crippen molar-refractivity contribution in [1.82, 2.24) is 0 Å². The van der Waals surface area contributed by atoms with Crippen LogP contribution >= 0.6 is 0 Å². The summed E-state index contributed by atoms with van der Waals surface area (Å²) in [7, 11) is 0. The molecular formula is C26H40N4O2. The molecule has 0 spiro atoms. The molecule has 1 aliphatic rings. The number of hydrogen-bond donors (Lipinski definition) is 3. The minimum absolute atomic E-state index is 0.0361. The highest BCUT2D eigenvalue weighted by Gasteiger charge is 2.23. The summed E-state index contributed by atoms with van der Waals surface area (Å²) in [5.74, 6) is -0.386. The Morgan fingerprint density at radius 1 is 1.25 bits per heavy atom. The number of nitrogens with two attached hydrogens (primary N) is 3. The van der Waals surface area contributed by atoms with E-state index in [9.17, 15) is 4.79 Å². The molecule has 0 aromatic heterocycles. The summed E-state index contributed by atoms with van der Waals surface area (Å²) >= 11 is 0. The predicted octanol–water partition coefficient (Wildman–Crippen LogP) is 4.22. The van der Waals surface area contributed by atoms with E-state index in [0.717, 1.165) is 17.6 Å². The van der Waals surface area contributed by atoms with Gasteiger partial charge in [-0.05, 0) is 62.7 Å². The maximum absolute atomic E-state index is 11.9. The number of carbonyl (C=O) groups is 1. The van der Waals surface area contributed by atoms with Gasteiger partial charge in [-0.2, -0.15) is 0 Å². The lowest BCUT2D eigenvalue weighted by Crippen LogP contribution is -2.32. The lowest BCUT2D eigenvalue weighted by molar-refractivity contribution is -0.144. The third-order valence-electron chi connectivity index (χ3n) is 5.28. The smallest absolute Gasteiger partial charge is 0.323 e. The Balaban J connectivity index is 2.49. The van der Waals surface area contributed by atoms with E-state index in [1.807, 2.05) is 25.2 Å². The highest BCUT2D eigenvalue weighted by Crippen LogP contribution is 2.37. The maximum Gasteiger partial charge on any atom is 0.323 e. The van der Waals surface area contributed by atoms with Crippen LogP contribution in [0.3, 0.4) is 0 Å². The number of rotatable bonds is 11. The van der Waals surface area contributed by atoms with E-state index < -0.39 is 12.0 Å². The van der Waals surface area contributed by atoms with Crippen LogP contribution in [0.15, 0.2) is 75.9 Å². The fourth-order valence-corrected chi connectivity index (χ4v) is 3.31. The number of nitrogens with zero attached hydrogens (tertiary/aromatic N) is 1. The molecule has 6 heteroatoms. The van der Waals surface area contributed by atoms with Gasteiger partial charge in [0.25, 0.3) is 0 Å². The molecule has 32 heavy (non-hydrogen) atoms. The number of aliphatic imine (C=N–C) groups is 1. The predicted molar refractivity (Wildman–Crippen MR) is 135 cm³/mol. The lowest BCUT2D eigenvalue weighted by atomic mass is 9.75. The Labute approximate surface area is 193 Å². The molecule has 176 valence electrons. The van der Waals surface area contributed by atoms with Gasteiger partial charge in [-0.3, -0.25) is 9.79 Å². The Kier molecular flexibility index (Phi) is 11.5. The SMILES string of the molecule is CC(C=CC1=C(C)C=CCC1(C)C)=CC=CC(C)=CCOC(=O)[C@H](N)CCCN=C(N)N. The van der Waals surface area contributed by atoms with E-state index in [1.54, 1.807) is 0 Å². The Morgan fingerprint density at radius 2 is 1.97 bits per heavy atom. The molecule has 0 saturated heterocycles. The molecule has 6 N–H and O–H groups in total. The van der Waals surface area contributed by atoms with Crippen molar-refractivity contribution in [2.45, 2.75) is 59.9 Å². The average molecular weight is 441 g/mol. The van der Waals surface area contributed by atoms with Crippen LogP contribution in [0.5, 0.6) is 0 Å². The van der Waals surface area contributed by atoms with E-state index in [0.29, 0.717) is 19.4 Å². The number of guanidine groups is 1. The Morgan fingerprint density at radius 3 is 2.62 bits per heavy atom. The zero-order valence-corrected chi connectivity index (χ0v) is 20.2. The molecule has 0 amide bonds. The molecule has 0 bridgehead atoms. The van der Waals surface area contributed by atoms with Crippen LogP contribution in [0.25, 0.3) is 0 Å². The molecule has 0 unspecified atom stereocenters. The number of hydrogen-bond acceptors (Lipinski definition) is 4. The largest absolute Gasteiger partial charge is 0.460 e. The quantitative estimate of drug-likeness (QED) is 0.146. The Hall–Kier alpha value is -2.86. The number of esters is 1. The monoisotopic (exact) mass is 440 g/mol. The molecule has 0 aliphatic heterocycles. The first kappa shape index (κ1) is 27.2. The van der Waals surface area contributed by atoms with Gasteiger partial charge in [-0.15, -0.1) is 0 Å². The van der Waals surface area contributed by atoms with E-state index in [4.69, 9.17) is 21.9 Å². The summed E-state index contributed by atoms with van der Waals surface area (Å²) in [5, 5.41) is 0. The molecule has 1 rings (SSSR count). The van der Waals surface area contributed by atoms with Crippen LogP contribution in [0, 0.1) is 5.41 Å². The number of ether oxygens (including phenoxy) is 1. The number of allylic oxidation sites excluding steroid dienone is 11. The van der Waals surface area contributed by atoms with Crippen LogP contribution in [-0.2, 0) is 9.53 Å². The standard InChI is InChI=1S/C26H40N4O2/c1-19(13-14-22-21(3)11-7-16-26(22,4)5)9-6-10-20(2)15-18-32-24(31)23(27)12-8-17-30-25(28)29/h6-7,9-11,13-15,23H,8,12,16-18,27H2,1-5H3,(H4,28,29,30)/t23-/m1/s1. The summed E-state index contributed by atoms with van der Waals surface area (Å²) in [5.41, 5.74) is 21.4. The van der Waals surface area contributed by atoms with Gasteiger partial charge in [0.1, 0.15) is 12.6 Å². The molecule has 0 saturated carbocycles. The minimum atomic E-state index is -0.672. The van der Waals surface area contributed by atoms with Crippen molar-refractivity contribution >= 4 is 11.9 Å². The second-order valence-electron chi connectivity index (χ2n) is 8.82. The molecular weight excluding hydrogens is 400 g/mol. The van der Waals surface area contributed by atoms with Gasteiger partial charge in [-0.1, -0.05) is 67.5 Å². The summed E-state index contributed by atoms with van der Waals surface area (Å²) in [6.45, 7) is 11.4.